The summed E-state index contributed by atoms with van der Waals surface area (Å²) >= 11 is 3.51. The van der Waals surface area contributed by atoms with E-state index in [9.17, 15) is 0 Å². The van der Waals surface area contributed by atoms with Crippen molar-refractivity contribution in [3.8, 4) is 0 Å². The van der Waals surface area contributed by atoms with Gasteiger partial charge in [0, 0.05) is 5.33 Å². The molecule has 0 bridgehead atoms. The Hall–Kier alpha value is 0.220. The van der Waals surface area contributed by atoms with Gasteiger partial charge < -0.3 is 0 Å². The normalized spacial score (nSPS) is 13.6. The van der Waals surface area contributed by atoms with Crippen LogP contribution in [0.15, 0.2) is 12.7 Å². The molecule has 0 fully saturated rings. The van der Waals surface area contributed by atoms with Gasteiger partial charge in [0.2, 0.25) is 0 Å². The molecule has 0 saturated carbocycles. The molecule has 10 heavy (non-hydrogen) atoms. The summed E-state index contributed by atoms with van der Waals surface area (Å²) < 4.78 is 0. The van der Waals surface area contributed by atoms with Gasteiger partial charge in [-0.25, -0.2) is 0 Å². The molecular weight excluding hydrogens is 188 g/mol. The van der Waals surface area contributed by atoms with Gasteiger partial charge in [-0.3, -0.25) is 0 Å². The number of rotatable bonds is 5. The van der Waals surface area contributed by atoms with Gasteiger partial charge in [-0.2, -0.15) is 0 Å². The largest absolute Gasteiger partial charge is 0.103 e. The summed E-state index contributed by atoms with van der Waals surface area (Å²) in [5.74, 6) is 1.61. The third kappa shape index (κ3) is 4.10. The first-order chi connectivity index (χ1) is 4.72. The molecule has 0 amide bonds. The Balaban J connectivity index is 3.49. The molecule has 1 unspecified atom stereocenters. The number of allylic oxidation sites excluding steroid dienone is 1. The molecule has 0 nitrogen and oxygen atoms in total. The predicted molar refractivity (Wildman–Crippen MR) is 51.6 cm³/mol. The molecule has 60 valence electrons. The molecule has 0 N–H and O–H groups in total. The van der Waals surface area contributed by atoms with E-state index in [0.29, 0.717) is 0 Å². The molecule has 0 aliphatic heterocycles. The minimum atomic E-state index is 0.791. The van der Waals surface area contributed by atoms with Crippen molar-refractivity contribution in [1.29, 1.82) is 0 Å². The second-order valence-corrected chi connectivity index (χ2v) is 3.67. The molecule has 0 aliphatic carbocycles. The van der Waals surface area contributed by atoms with Crippen molar-refractivity contribution in [3.05, 3.63) is 12.7 Å². The van der Waals surface area contributed by atoms with Gasteiger partial charge >= 0.3 is 0 Å². The monoisotopic (exact) mass is 204 g/mol. The lowest BCUT2D eigenvalue weighted by molar-refractivity contribution is 0.405. The Morgan fingerprint density at radius 3 is 2.40 bits per heavy atom. The van der Waals surface area contributed by atoms with Gasteiger partial charge in [-0.05, 0) is 24.7 Å². The molecule has 0 aromatic rings. The van der Waals surface area contributed by atoms with Gasteiger partial charge in [0.15, 0.2) is 0 Å². The average Bonchev–Trinajstić information content (AvgIpc) is 1.89. The highest BCUT2D eigenvalue weighted by molar-refractivity contribution is 9.09. The maximum Gasteiger partial charge on any atom is 0.00622 e. The number of hydrogen-bond donors (Lipinski definition) is 0. The van der Waals surface area contributed by atoms with E-state index in [1.807, 2.05) is 6.08 Å². The molecule has 0 aromatic carbocycles. The van der Waals surface area contributed by atoms with Crippen molar-refractivity contribution >= 4 is 15.9 Å². The fourth-order valence-corrected chi connectivity index (χ4v) is 1.99. The van der Waals surface area contributed by atoms with Crippen LogP contribution < -0.4 is 0 Å². The minimum absolute atomic E-state index is 0.791. The van der Waals surface area contributed by atoms with E-state index in [-0.39, 0.29) is 0 Å². The SMILES string of the molecule is C=CCCC(CBr)C(C)C. The molecule has 1 heteroatoms. The summed E-state index contributed by atoms with van der Waals surface area (Å²) in [4.78, 5) is 0. The first kappa shape index (κ1) is 10.2. The van der Waals surface area contributed by atoms with Crippen LogP contribution in [0.25, 0.3) is 0 Å². The van der Waals surface area contributed by atoms with Crippen LogP contribution in [0.4, 0.5) is 0 Å². The molecule has 0 radical (unpaired) electrons. The third-order valence-electron chi connectivity index (χ3n) is 1.88. The molecule has 0 aliphatic rings. The lowest BCUT2D eigenvalue weighted by Gasteiger charge is -2.16. The van der Waals surface area contributed by atoms with E-state index < -0.39 is 0 Å². The molecule has 1 atom stereocenters. The van der Waals surface area contributed by atoms with Gasteiger partial charge in [0.05, 0.1) is 0 Å². The van der Waals surface area contributed by atoms with Gasteiger partial charge in [-0.1, -0.05) is 35.9 Å². The fraction of sp³-hybridized carbons (Fsp3) is 0.778. The topological polar surface area (TPSA) is 0 Å². The summed E-state index contributed by atoms with van der Waals surface area (Å²) in [6.45, 7) is 8.26. The van der Waals surface area contributed by atoms with Crippen LogP contribution in [0.5, 0.6) is 0 Å². The van der Waals surface area contributed by atoms with Gasteiger partial charge in [0.25, 0.3) is 0 Å². The molecule has 0 heterocycles. The summed E-state index contributed by atoms with van der Waals surface area (Å²) in [5, 5.41) is 1.12. The minimum Gasteiger partial charge on any atom is -0.103 e. The fourth-order valence-electron chi connectivity index (χ4n) is 0.921. The van der Waals surface area contributed by atoms with E-state index >= 15 is 0 Å². The van der Waals surface area contributed by atoms with Crippen LogP contribution in [0.1, 0.15) is 26.7 Å². The zero-order chi connectivity index (χ0) is 7.98. The summed E-state index contributed by atoms with van der Waals surface area (Å²) in [5.41, 5.74) is 0. The lowest BCUT2D eigenvalue weighted by atomic mass is 9.93. The Labute approximate surface area is 72.8 Å². The first-order valence-electron chi connectivity index (χ1n) is 3.89. The van der Waals surface area contributed by atoms with Crippen molar-refractivity contribution in [2.75, 3.05) is 5.33 Å². The lowest BCUT2D eigenvalue weighted by Crippen LogP contribution is -2.09. The number of halogens is 1. The van der Waals surface area contributed by atoms with E-state index in [2.05, 4.69) is 36.4 Å². The smallest absolute Gasteiger partial charge is 0.00622 e. The second-order valence-electron chi connectivity index (χ2n) is 3.02. The van der Waals surface area contributed by atoms with Crippen molar-refractivity contribution in [3.63, 3.8) is 0 Å². The number of alkyl halides is 1. The second kappa shape index (κ2) is 5.96. The Kier molecular flexibility index (Phi) is 6.10. The van der Waals surface area contributed by atoms with Crippen LogP contribution in [0.2, 0.25) is 0 Å². The first-order valence-corrected chi connectivity index (χ1v) is 5.01. The highest BCUT2D eigenvalue weighted by Gasteiger charge is 2.09. The van der Waals surface area contributed by atoms with Crippen molar-refractivity contribution in [2.45, 2.75) is 26.7 Å². The summed E-state index contributed by atoms with van der Waals surface area (Å²) in [6, 6.07) is 0. The zero-order valence-electron chi connectivity index (χ0n) is 6.94. The van der Waals surface area contributed by atoms with Crippen LogP contribution in [0.3, 0.4) is 0 Å². The average molecular weight is 205 g/mol. The predicted octanol–water partition coefficient (Wildman–Crippen LogP) is 3.62. The van der Waals surface area contributed by atoms with E-state index in [4.69, 9.17) is 0 Å². The van der Waals surface area contributed by atoms with Crippen LogP contribution in [0, 0.1) is 11.8 Å². The van der Waals surface area contributed by atoms with Gasteiger partial charge in [0.1, 0.15) is 0 Å². The highest BCUT2D eigenvalue weighted by Crippen LogP contribution is 2.19. The maximum absolute atomic E-state index is 3.71. The van der Waals surface area contributed by atoms with Crippen LogP contribution >= 0.6 is 15.9 Å². The summed E-state index contributed by atoms with van der Waals surface area (Å²) in [6.07, 6.45) is 4.42. The molecule has 0 spiro atoms. The van der Waals surface area contributed by atoms with Gasteiger partial charge in [-0.15, -0.1) is 6.58 Å². The quantitative estimate of drug-likeness (QED) is 0.475. The summed E-state index contributed by atoms with van der Waals surface area (Å²) in [7, 11) is 0. The highest BCUT2D eigenvalue weighted by atomic mass is 79.9. The molecule has 0 rings (SSSR count). The Morgan fingerprint density at radius 1 is 1.50 bits per heavy atom. The van der Waals surface area contributed by atoms with E-state index in [0.717, 1.165) is 23.6 Å². The van der Waals surface area contributed by atoms with Crippen molar-refractivity contribution < 1.29 is 0 Å². The Bertz CT molecular complexity index is 86.7. The van der Waals surface area contributed by atoms with Crippen molar-refractivity contribution in [1.82, 2.24) is 0 Å². The van der Waals surface area contributed by atoms with Crippen LogP contribution in [-0.4, -0.2) is 5.33 Å². The zero-order valence-corrected chi connectivity index (χ0v) is 8.52. The van der Waals surface area contributed by atoms with Crippen molar-refractivity contribution in [2.24, 2.45) is 11.8 Å². The molecule has 0 aromatic heterocycles. The van der Waals surface area contributed by atoms with Crippen LogP contribution in [-0.2, 0) is 0 Å². The van der Waals surface area contributed by atoms with E-state index in [1.165, 1.54) is 6.42 Å². The number of hydrogen-bond acceptors (Lipinski definition) is 0. The molecular formula is C9H17Br. The van der Waals surface area contributed by atoms with E-state index in [1.54, 1.807) is 0 Å². The maximum atomic E-state index is 3.71. The molecule has 0 saturated heterocycles. The third-order valence-corrected chi connectivity index (χ3v) is 2.71. The Morgan fingerprint density at radius 2 is 2.10 bits per heavy atom. The standard InChI is InChI=1S/C9H17Br/c1-4-5-6-9(7-10)8(2)3/h4,8-9H,1,5-7H2,2-3H3.